The summed E-state index contributed by atoms with van der Waals surface area (Å²) in [5.41, 5.74) is 2.10. The van der Waals surface area contributed by atoms with Crippen LogP contribution in [0.25, 0.3) is 0 Å². The van der Waals surface area contributed by atoms with Crippen LogP contribution in [0.2, 0.25) is 0 Å². The zero-order chi connectivity index (χ0) is 13.2. The smallest absolute Gasteiger partial charge is 0.271 e. The molecule has 1 aliphatic rings. The molecule has 0 radical (unpaired) electrons. The zero-order valence-electron chi connectivity index (χ0n) is 10.4. The number of imidazole rings is 1. The molecule has 0 saturated carbocycles. The van der Waals surface area contributed by atoms with E-state index in [4.69, 9.17) is 4.74 Å². The largest absolute Gasteiger partial charge is 0.368 e. The second-order valence-corrected chi connectivity index (χ2v) is 5.15. The monoisotopic (exact) mass is 278 g/mol. The van der Waals surface area contributed by atoms with Gasteiger partial charge in [0.25, 0.3) is 5.91 Å². The van der Waals surface area contributed by atoms with Crippen molar-refractivity contribution in [1.82, 2.24) is 19.9 Å². The first kappa shape index (κ1) is 12.3. The van der Waals surface area contributed by atoms with Gasteiger partial charge in [-0.15, -0.1) is 11.3 Å². The van der Waals surface area contributed by atoms with Crippen molar-refractivity contribution in [1.29, 1.82) is 0 Å². The second-order valence-electron chi connectivity index (χ2n) is 4.43. The van der Waals surface area contributed by atoms with Crippen molar-refractivity contribution < 1.29 is 9.53 Å². The Hall–Kier alpha value is -1.73. The standard InChI is InChI=1S/C12H14N4O2S/c1-16-4-3-13-11(16)10-8(2-5-18-10)15-12(17)9-6-19-7-14-9/h3-4,6-8,10H,2,5H2,1H3,(H,15,17)/t8-,10-/m0/s1. The van der Waals surface area contributed by atoms with E-state index in [1.165, 1.54) is 11.3 Å². The van der Waals surface area contributed by atoms with Crippen molar-refractivity contribution in [3.8, 4) is 0 Å². The van der Waals surface area contributed by atoms with E-state index in [0.29, 0.717) is 12.3 Å². The molecule has 7 heteroatoms. The Morgan fingerprint density at radius 2 is 2.47 bits per heavy atom. The molecule has 2 atom stereocenters. The normalized spacial score (nSPS) is 22.6. The van der Waals surface area contributed by atoms with Crippen LogP contribution in [0.15, 0.2) is 23.3 Å². The molecule has 0 aromatic carbocycles. The molecule has 0 bridgehead atoms. The van der Waals surface area contributed by atoms with E-state index < -0.39 is 0 Å². The second kappa shape index (κ2) is 5.10. The number of hydrogen-bond donors (Lipinski definition) is 1. The van der Waals surface area contributed by atoms with Crippen LogP contribution in [-0.2, 0) is 11.8 Å². The lowest BCUT2D eigenvalue weighted by Gasteiger charge is -2.19. The van der Waals surface area contributed by atoms with Gasteiger partial charge in [-0.05, 0) is 6.42 Å². The molecular weight excluding hydrogens is 264 g/mol. The Balaban J connectivity index is 1.74. The summed E-state index contributed by atoms with van der Waals surface area (Å²) < 4.78 is 7.61. The fraction of sp³-hybridized carbons (Fsp3) is 0.417. The molecule has 1 aliphatic heterocycles. The molecule has 0 unspecified atom stereocenters. The van der Waals surface area contributed by atoms with E-state index in [1.54, 1.807) is 17.1 Å². The van der Waals surface area contributed by atoms with E-state index in [1.807, 2.05) is 17.8 Å². The third kappa shape index (κ3) is 2.39. The fourth-order valence-electron chi connectivity index (χ4n) is 2.21. The lowest BCUT2D eigenvalue weighted by molar-refractivity contribution is 0.0776. The van der Waals surface area contributed by atoms with Crippen LogP contribution in [0.1, 0.15) is 28.8 Å². The third-order valence-corrected chi connectivity index (χ3v) is 3.77. The van der Waals surface area contributed by atoms with Crippen LogP contribution >= 0.6 is 11.3 Å². The minimum absolute atomic E-state index is 0.0599. The zero-order valence-corrected chi connectivity index (χ0v) is 11.3. The molecule has 6 nitrogen and oxygen atoms in total. The number of nitrogens with one attached hydrogen (secondary N) is 1. The average molecular weight is 278 g/mol. The van der Waals surface area contributed by atoms with Crippen LogP contribution in [0.4, 0.5) is 0 Å². The molecule has 0 spiro atoms. The maximum Gasteiger partial charge on any atom is 0.271 e. The van der Waals surface area contributed by atoms with E-state index >= 15 is 0 Å². The molecule has 100 valence electrons. The summed E-state index contributed by atoms with van der Waals surface area (Å²) in [5.74, 6) is 0.678. The van der Waals surface area contributed by atoms with Crippen LogP contribution in [0.3, 0.4) is 0 Å². The van der Waals surface area contributed by atoms with Gasteiger partial charge in [-0.3, -0.25) is 4.79 Å². The lowest BCUT2D eigenvalue weighted by atomic mass is 10.1. The summed E-state index contributed by atoms with van der Waals surface area (Å²) in [4.78, 5) is 20.3. The predicted molar refractivity (Wildman–Crippen MR) is 69.9 cm³/mol. The Kier molecular flexibility index (Phi) is 3.31. The highest BCUT2D eigenvalue weighted by molar-refractivity contribution is 7.07. The lowest BCUT2D eigenvalue weighted by Crippen LogP contribution is -2.37. The molecular formula is C12H14N4O2S. The van der Waals surface area contributed by atoms with Gasteiger partial charge in [0.1, 0.15) is 17.6 Å². The van der Waals surface area contributed by atoms with Crippen LogP contribution in [-0.4, -0.2) is 33.1 Å². The average Bonchev–Trinajstić information content (AvgIpc) is 3.09. The molecule has 19 heavy (non-hydrogen) atoms. The van der Waals surface area contributed by atoms with Crippen LogP contribution < -0.4 is 5.32 Å². The third-order valence-electron chi connectivity index (χ3n) is 3.19. The number of rotatable bonds is 3. The Morgan fingerprint density at radius 1 is 1.58 bits per heavy atom. The van der Waals surface area contributed by atoms with Gasteiger partial charge in [0, 0.05) is 31.4 Å². The molecule has 1 fully saturated rings. The van der Waals surface area contributed by atoms with Gasteiger partial charge in [0.2, 0.25) is 0 Å². The van der Waals surface area contributed by atoms with Gasteiger partial charge in [0.05, 0.1) is 11.6 Å². The van der Waals surface area contributed by atoms with Gasteiger partial charge in [0.15, 0.2) is 0 Å². The van der Waals surface area contributed by atoms with Crippen molar-refractivity contribution in [2.75, 3.05) is 6.61 Å². The first-order valence-electron chi connectivity index (χ1n) is 6.03. The van der Waals surface area contributed by atoms with Crippen molar-refractivity contribution in [3.05, 3.63) is 34.8 Å². The highest BCUT2D eigenvalue weighted by Crippen LogP contribution is 2.27. The maximum absolute atomic E-state index is 12.0. The molecule has 2 aromatic heterocycles. The maximum atomic E-state index is 12.0. The molecule has 3 heterocycles. The number of carbonyl (C=O) groups is 1. The summed E-state index contributed by atoms with van der Waals surface area (Å²) in [6.07, 6.45) is 4.20. The molecule has 1 amide bonds. The summed E-state index contributed by atoms with van der Waals surface area (Å²) >= 11 is 1.41. The molecule has 3 rings (SSSR count). The Bertz CT molecular complexity index is 566. The minimum Gasteiger partial charge on any atom is -0.368 e. The molecule has 1 saturated heterocycles. The van der Waals surface area contributed by atoms with E-state index in [9.17, 15) is 4.79 Å². The number of hydrogen-bond acceptors (Lipinski definition) is 5. The van der Waals surface area contributed by atoms with Crippen molar-refractivity contribution in [2.24, 2.45) is 7.05 Å². The summed E-state index contributed by atoms with van der Waals surface area (Å²) in [7, 11) is 1.92. The Labute approximate surface area is 114 Å². The van der Waals surface area contributed by atoms with E-state index in [0.717, 1.165) is 12.2 Å². The van der Waals surface area contributed by atoms with E-state index in [-0.39, 0.29) is 18.1 Å². The number of aryl methyl sites for hydroxylation is 1. The van der Waals surface area contributed by atoms with Gasteiger partial charge in [-0.1, -0.05) is 0 Å². The highest BCUT2D eigenvalue weighted by Gasteiger charge is 2.33. The number of ether oxygens (including phenoxy) is 1. The Morgan fingerprint density at radius 3 is 3.16 bits per heavy atom. The van der Waals surface area contributed by atoms with Crippen LogP contribution in [0.5, 0.6) is 0 Å². The highest BCUT2D eigenvalue weighted by atomic mass is 32.1. The van der Waals surface area contributed by atoms with Crippen molar-refractivity contribution in [2.45, 2.75) is 18.6 Å². The summed E-state index contributed by atoms with van der Waals surface area (Å²) in [6.45, 7) is 0.625. The number of nitrogens with zero attached hydrogens (tertiary/aromatic N) is 3. The first-order chi connectivity index (χ1) is 9.25. The number of amides is 1. The van der Waals surface area contributed by atoms with Gasteiger partial charge < -0.3 is 14.6 Å². The van der Waals surface area contributed by atoms with Crippen molar-refractivity contribution >= 4 is 17.2 Å². The van der Waals surface area contributed by atoms with E-state index in [2.05, 4.69) is 15.3 Å². The summed E-state index contributed by atoms with van der Waals surface area (Å²) in [5, 5.41) is 4.71. The van der Waals surface area contributed by atoms with Gasteiger partial charge in [-0.2, -0.15) is 0 Å². The molecule has 0 aliphatic carbocycles. The van der Waals surface area contributed by atoms with Gasteiger partial charge in [-0.25, -0.2) is 9.97 Å². The first-order valence-corrected chi connectivity index (χ1v) is 6.98. The number of aromatic nitrogens is 3. The molecule has 1 N–H and O–H groups in total. The topological polar surface area (TPSA) is 69.0 Å². The molecule has 2 aromatic rings. The minimum atomic E-state index is -0.192. The fourth-order valence-corrected chi connectivity index (χ4v) is 2.74. The quantitative estimate of drug-likeness (QED) is 0.914. The SMILES string of the molecule is Cn1ccnc1[C@H]1OCC[C@@H]1NC(=O)c1cscn1. The number of thiazole rings is 1. The van der Waals surface area contributed by atoms with Crippen LogP contribution in [0, 0.1) is 0 Å². The summed E-state index contributed by atoms with van der Waals surface area (Å²) in [6, 6.07) is -0.0599. The predicted octanol–water partition coefficient (Wildman–Crippen LogP) is 1.14. The van der Waals surface area contributed by atoms with Gasteiger partial charge >= 0.3 is 0 Å². The van der Waals surface area contributed by atoms with Crippen molar-refractivity contribution in [3.63, 3.8) is 0 Å². The number of carbonyl (C=O) groups excluding carboxylic acids is 1.